The van der Waals surface area contributed by atoms with Crippen LogP contribution in [0.4, 0.5) is 5.82 Å². The summed E-state index contributed by atoms with van der Waals surface area (Å²) in [6.45, 7) is 8.03. The van der Waals surface area contributed by atoms with Crippen molar-refractivity contribution in [2.75, 3.05) is 12.4 Å². The molecule has 0 saturated heterocycles. The number of rotatable bonds is 7. The highest BCUT2D eigenvalue weighted by Gasteiger charge is 2.30. The molecule has 0 unspecified atom stereocenters. The van der Waals surface area contributed by atoms with E-state index in [2.05, 4.69) is 5.32 Å². The SMILES string of the molecule is CCCn1c(C)c(C)c(S(=O)(=O)c2ccc(OC)cc2)c1NC(=O)CC. The Kier molecular flexibility index (Phi) is 6.13. The number of anilines is 1. The molecule has 0 spiro atoms. The Morgan fingerprint density at radius 3 is 2.27 bits per heavy atom. The van der Waals surface area contributed by atoms with Crippen LogP contribution in [0.15, 0.2) is 34.1 Å². The van der Waals surface area contributed by atoms with Gasteiger partial charge < -0.3 is 14.6 Å². The Bertz CT molecular complexity index is 897. The number of nitrogens with one attached hydrogen (secondary N) is 1. The summed E-state index contributed by atoms with van der Waals surface area (Å²) in [7, 11) is -2.26. The maximum Gasteiger partial charge on any atom is 0.225 e. The van der Waals surface area contributed by atoms with Gasteiger partial charge in [0, 0.05) is 18.7 Å². The molecule has 1 aromatic carbocycles. The number of aromatic nitrogens is 1. The van der Waals surface area contributed by atoms with Crippen LogP contribution in [-0.4, -0.2) is 26.0 Å². The lowest BCUT2D eigenvalue weighted by Gasteiger charge is -2.13. The molecule has 142 valence electrons. The number of benzene rings is 1. The molecule has 2 rings (SSSR count). The molecule has 0 aliphatic rings. The first kappa shape index (κ1) is 20.0. The molecule has 26 heavy (non-hydrogen) atoms. The van der Waals surface area contributed by atoms with Gasteiger partial charge in [0.05, 0.1) is 12.0 Å². The molecule has 1 N–H and O–H groups in total. The standard InChI is InChI=1S/C19H26N2O4S/c1-6-12-21-14(4)13(3)18(19(21)20-17(22)7-2)26(23,24)16-10-8-15(25-5)9-11-16/h8-11H,6-7,12H2,1-5H3,(H,20,22). The molecule has 1 heterocycles. The molecule has 0 fully saturated rings. The summed E-state index contributed by atoms with van der Waals surface area (Å²) in [6, 6.07) is 6.27. The fraction of sp³-hybridized carbons (Fsp3) is 0.421. The fourth-order valence-electron chi connectivity index (χ4n) is 2.88. The number of ether oxygens (including phenoxy) is 1. The number of hydrogen-bond donors (Lipinski definition) is 1. The third-order valence-electron chi connectivity index (χ3n) is 4.44. The normalized spacial score (nSPS) is 11.4. The Balaban J connectivity index is 2.69. The lowest BCUT2D eigenvalue weighted by Crippen LogP contribution is -2.17. The topological polar surface area (TPSA) is 77.4 Å². The number of nitrogens with zero attached hydrogens (tertiary/aromatic N) is 1. The number of amides is 1. The van der Waals surface area contributed by atoms with Crippen molar-refractivity contribution >= 4 is 21.6 Å². The zero-order valence-electron chi connectivity index (χ0n) is 15.9. The van der Waals surface area contributed by atoms with Crippen molar-refractivity contribution < 1.29 is 17.9 Å². The van der Waals surface area contributed by atoms with Crippen LogP contribution in [0.25, 0.3) is 0 Å². The average Bonchev–Trinajstić information content (AvgIpc) is 2.86. The highest BCUT2D eigenvalue weighted by molar-refractivity contribution is 7.91. The maximum atomic E-state index is 13.3. The van der Waals surface area contributed by atoms with Gasteiger partial charge in [-0.05, 0) is 50.1 Å². The summed E-state index contributed by atoms with van der Waals surface area (Å²) in [4.78, 5) is 12.4. The molecule has 0 aliphatic carbocycles. The van der Waals surface area contributed by atoms with E-state index in [0.29, 0.717) is 23.7 Å². The summed E-state index contributed by atoms with van der Waals surface area (Å²) in [6.07, 6.45) is 1.10. The van der Waals surface area contributed by atoms with Gasteiger partial charge in [0.2, 0.25) is 15.7 Å². The van der Waals surface area contributed by atoms with E-state index in [1.807, 2.05) is 18.4 Å². The lowest BCUT2D eigenvalue weighted by atomic mass is 10.3. The van der Waals surface area contributed by atoms with Gasteiger partial charge in [0.15, 0.2) is 0 Å². The summed E-state index contributed by atoms with van der Waals surface area (Å²) in [5.41, 5.74) is 1.49. The van der Waals surface area contributed by atoms with Gasteiger partial charge in [-0.3, -0.25) is 4.79 Å². The Labute approximate surface area is 155 Å². The second-order valence-electron chi connectivity index (χ2n) is 6.12. The average molecular weight is 378 g/mol. The Hall–Kier alpha value is -2.28. The minimum absolute atomic E-state index is 0.162. The van der Waals surface area contributed by atoms with Crippen molar-refractivity contribution in [1.29, 1.82) is 0 Å². The number of carbonyl (C=O) groups is 1. The van der Waals surface area contributed by atoms with E-state index >= 15 is 0 Å². The predicted molar refractivity (Wildman–Crippen MR) is 102 cm³/mol. The molecular weight excluding hydrogens is 352 g/mol. The Morgan fingerprint density at radius 2 is 1.77 bits per heavy atom. The van der Waals surface area contributed by atoms with E-state index in [9.17, 15) is 13.2 Å². The third-order valence-corrected chi connectivity index (χ3v) is 6.37. The highest BCUT2D eigenvalue weighted by atomic mass is 32.2. The first-order chi connectivity index (χ1) is 12.3. The highest BCUT2D eigenvalue weighted by Crippen LogP contribution is 2.36. The minimum Gasteiger partial charge on any atom is -0.497 e. The number of sulfone groups is 1. The number of carbonyl (C=O) groups excluding carboxylic acids is 1. The number of methoxy groups -OCH3 is 1. The van der Waals surface area contributed by atoms with Crippen LogP contribution < -0.4 is 10.1 Å². The lowest BCUT2D eigenvalue weighted by molar-refractivity contribution is -0.115. The van der Waals surface area contributed by atoms with Crippen LogP contribution in [0.3, 0.4) is 0 Å². The third kappa shape index (κ3) is 3.62. The van der Waals surface area contributed by atoms with E-state index in [-0.39, 0.29) is 22.1 Å². The molecule has 7 heteroatoms. The van der Waals surface area contributed by atoms with E-state index in [0.717, 1.165) is 12.1 Å². The summed E-state index contributed by atoms with van der Waals surface area (Å²) in [5.74, 6) is 0.718. The smallest absolute Gasteiger partial charge is 0.225 e. The molecular formula is C19H26N2O4S. The van der Waals surface area contributed by atoms with Crippen LogP contribution in [0, 0.1) is 13.8 Å². The summed E-state index contributed by atoms with van der Waals surface area (Å²) >= 11 is 0. The van der Waals surface area contributed by atoms with E-state index in [4.69, 9.17) is 4.74 Å². The van der Waals surface area contributed by atoms with Crippen molar-refractivity contribution in [2.24, 2.45) is 0 Å². The largest absolute Gasteiger partial charge is 0.497 e. The van der Waals surface area contributed by atoms with Gasteiger partial charge in [-0.25, -0.2) is 8.42 Å². The molecule has 1 aromatic heterocycles. The van der Waals surface area contributed by atoms with Crippen LogP contribution in [-0.2, 0) is 21.2 Å². The van der Waals surface area contributed by atoms with Gasteiger partial charge in [0.25, 0.3) is 0 Å². The van der Waals surface area contributed by atoms with E-state index < -0.39 is 9.84 Å². The quantitative estimate of drug-likeness (QED) is 0.797. The predicted octanol–water partition coefficient (Wildman–Crippen LogP) is 3.70. The van der Waals surface area contributed by atoms with Crippen LogP contribution in [0.2, 0.25) is 0 Å². The van der Waals surface area contributed by atoms with Crippen molar-refractivity contribution in [3.63, 3.8) is 0 Å². The molecule has 1 amide bonds. The minimum atomic E-state index is -3.79. The molecule has 0 radical (unpaired) electrons. The van der Waals surface area contributed by atoms with Crippen molar-refractivity contribution in [2.45, 2.75) is 56.9 Å². The zero-order chi connectivity index (χ0) is 19.5. The second kappa shape index (κ2) is 7.95. The van der Waals surface area contributed by atoms with Crippen molar-refractivity contribution in [1.82, 2.24) is 4.57 Å². The van der Waals surface area contributed by atoms with Crippen molar-refractivity contribution in [3.05, 3.63) is 35.5 Å². The van der Waals surface area contributed by atoms with Gasteiger partial charge >= 0.3 is 0 Å². The molecule has 0 saturated carbocycles. The number of hydrogen-bond acceptors (Lipinski definition) is 4. The van der Waals surface area contributed by atoms with E-state index in [1.54, 1.807) is 26.0 Å². The van der Waals surface area contributed by atoms with Gasteiger partial charge in [0.1, 0.15) is 16.5 Å². The maximum absolute atomic E-state index is 13.3. The van der Waals surface area contributed by atoms with Crippen LogP contribution in [0.1, 0.15) is 37.9 Å². The first-order valence-electron chi connectivity index (χ1n) is 8.66. The van der Waals surface area contributed by atoms with Gasteiger partial charge in [-0.2, -0.15) is 0 Å². The zero-order valence-corrected chi connectivity index (χ0v) is 16.7. The van der Waals surface area contributed by atoms with Crippen LogP contribution >= 0.6 is 0 Å². The van der Waals surface area contributed by atoms with Crippen LogP contribution in [0.5, 0.6) is 5.75 Å². The fourth-order valence-corrected chi connectivity index (χ4v) is 4.58. The van der Waals surface area contributed by atoms with Gasteiger partial charge in [-0.1, -0.05) is 13.8 Å². The first-order valence-corrected chi connectivity index (χ1v) is 10.1. The molecule has 0 atom stereocenters. The Morgan fingerprint density at radius 1 is 1.15 bits per heavy atom. The second-order valence-corrected chi connectivity index (χ2v) is 8.01. The molecule has 6 nitrogen and oxygen atoms in total. The molecule has 0 aliphatic heterocycles. The monoisotopic (exact) mass is 378 g/mol. The summed E-state index contributed by atoms with van der Waals surface area (Å²) in [5, 5.41) is 2.79. The van der Waals surface area contributed by atoms with E-state index in [1.165, 1.54) is 19.2 Å². The molecule has 0 bridgehead atoms. The summed E-state index contributed by atoms with van der Waals surface area (Å²) < 4.78 is 33.6. The molecule has 2 aromatic rings. The van der Waals surface area contributed by atoms with Crippen molar-refractivity contribution in [3.8, 4) is 5.75 Å². The van der Waals surface area contributed by atoms with Gasteiger partial charge in [-0.15, -0.1) is 0 Å².